The predicted molar refractivity (Wildman–Crippen MR) is 78.2 cm³/mol. The summed E-state index contributed by atoms with van der Waals surface area (Å²) in [5.41, 5.74) is -0.238. The van der Waals surface area contributed by atoms with Crippen molar-refractivity contribution in [1.29, 1.82) is 0 Å². The van der Waals surface area contributed by atoms with Gasteiger partial charge in [0, 0.05) is 11.7 Å². The molecule has 5 nitrogen and oxygen atoms in total. The molecule has 1 aromatic rings. The molecule has 23 heavy (non-hydrogen) atoms. The number of nitrogens with zero attached hydrogens (tertiary/aromatic N) is 2. The number of rotatable bonds is 3. The topological polar surface area (TPSA) is 56.1 Å². The number of methoxy groups -OCH3 is 1. The first-order valence-electron chi connectivity index (χ1n) is 7.73. The summed E-state index contributed by atoms with van der Waals surface area (Å²) in [6.07, 6.45) is -2.18. The number of alkyl carbamates (subject to hydrolysis) is 1. The van der Waals surface area contributed by atoms with Crippen LogP contribution in [0.3, 0.4) is 0 Å². The van der Waals surface area contributed by atoms with Crippen LogP contribution in [0.5, 0.6) is 0 Å². The Labute approximate surface area is 133 Å². The quantitative estimate of drug-likeness (QED) is 0.914. The molecule has 1 aliphatic carbocycles. The number of nitrogens with one attached hydrogen (secondary N) is 1. The van der Waals surface area contributed by atoms with Crippen molar-refractivity contribution in [3.8, 4) is 0 Å². The molecular formula is C15H22F3N3O2. The number of aromatic nitrogens is 2. The van der Waals surface area contributed by atoms with E-state index in [0.717, 1.165) is 6.07 Å². The number of amides is 1. The summed E-state index contributed by atoms with van der Waals surface area (Å²) in [5.74, 6) is -0.0375. The zero-order valence-corrected chi connectivity index (χ0v) is 13.5. The van der Waals surface area contributed by atoms with E-state index in [1.807, 2.05) is 13.8 Å². The molecule has 0 aromatic carbocycles. The van der Waals surface area contributed by atoms with Crippen LogP contribution in [0.15, 0.2) is 6.07 Å². The molecule has 8 heteroatoms. The Kier molecular flexibility index (Phi) is 5.21. The zero-order chi connectivity index (χ0) is 17.2. The van der Waals surface area contributed by atoms with Crippen LogP contribution in [0.1, 0.15) is 62.9 Å². The van der Waals surface area contributed by atoms with Gasteiger partial charge in [-0.2, -0.15) is 18.3 Å². The zero-order valence-electron chi connectivity index (χ0n) is 13.5. The molecule has 2 rings (SSSR count). The fourth-order valence-electron chi connectivity index (χ4n) is 2.96. The molecule has 0 aliphatic heterocycles. The highest BCUT2D eigenvalue weighted by Crippen LogP contribution is 2.35. The molecule has 1 fully saturated rings. The Morgan fingerprint density at radius 2 is 1.96 bits per heavy atom. The maximum Gasteiger partial charge on any atom is 0.435 e. The van der Waals surface area contributed by atoms with E-state index in [1.165, 1.54) is 11.8 Å². The second-order valence-corrected chi connectivity index (χ2v) is 6.19. The van der Waals surface area contributed by atoms with Gasteiger partial charge in [-0.25, -0.2) is 4.79 Å². The van der Waals surface area contributed by atoms with Crippen molar-refractivity contribution in [3.05, 3.63) is 17.5 Å². The first kappa shape index (κ1) is 17.6. The summed E-state index contributed by atoms with van der Waals surface area (Å²) < 4.78 is 44.9. The van der Waals surface area contributed by atoms with Crippen LogP contribution in [0.4, 0.5) is 18.0 Å². The van der Waals surface area contributed by atoms with Gasteiger partial charge in [-0.1, -0.05) is 13.8 Å². The molecule has 130 valence electrons. The molecule has 0 saturated heterocycles. The van der Waals surface area contributed by atoms with Crippen molar-refractivity contribution in [2.45, 2.75) is 63.7 Å². The largest absolute Gasteiger partial charge is 0.453 e. The van der Waals surface area contributed by atoms with Crippen LogP contribution >= 0.6 is 0 Å². The summed E-state index contributed by atoms with van der Waals surface area (Å²) in [5, 5.41) is 6.54. The third kappa shape index (κ3) is 4.17. The standard InChI is InChI=1S/C15H22F3N3O2/c1-9(2)12-8-13(15(16,17)18)20-21(12)11-6-4-10(5-7-11)19-14(22)23-3/h8-11H,4-7H2,1-3H3,(H,19,22). The lowest BCUT2D eigenvalue weighted by Crippen LogP contribution is -2.38. The number of alkyl halides is 3. The van der Waals surface area contributed by atoms with Gasteiger partial charge in [-0.05, 0) is 37.7 Å². The fraction of sp³-hybridized carbons (Fsp3) is 0.733. The van der Waals surface area contributed by atoms with Crippen LogP contribution < -0.4 is 5.32 Å². The molecule has 1 amide bonds. The van der Waals surface area contributed by atoms with Crippen molar-refractivity contribution < 1.29 is 22.7 Å². The third-order valence-corrected chi connectivity index (χ3v) is 4.20. The van der Waals surface area contributed by atoms with Gasteiger partial charge < -0.3 is 10.1 Å². The van der Waals surface area contributed by atoms with Crippen LogP contribution in [0.25, 0.3) is 0 Å². The first-order valence-corrected chi connectivity index (χ1v) is 7.73. The van der Waals surface area contributed by atoms with Gasteiger partial charge in [-0.15, -0.1) is 0 Å². The van der Waals surface area contributed by atoms with Crippen molar-refractivity contribution in [2.75, 3.05) is 7.11 Å². The second-order valence-electron chi connectivity index (χ2n) is 6.19. The van der Waals surface area contributed by atoms with Crippen LogP contribution in [0, 0.1) is 0 Å². The van der Waals surface area contributed by atoms with E-state index in [0.29, 0.717) is 31.4 Å². The minimum Gasteiger partial charge on any atom is -0.453 e. The van der Waals surface area contributed by atoms with E-state index in [2.05, 4.69) is 15.2 Å². The van der Waals surface area contributed by atoms with Crippen molar-refractivity contribution in [2.24, 2.45) is 0 Å². The maximum atomic E-state index is 12.9. The molecule has 0 radical (unpaired) electrons. The van der Waals surface area contributed by atoms with Crippen molar-refractivity contribution in [1.82, 2.24) is 15.1 Å². The third-order valence-electron chi connectivity index (χ3n) is 4.20. The lowest BCUT2D eigenvalue weighted by molar-refractivity contribution is -0.141. The molecular weight excluding hydrogens is 311 g/mol. The lowest BCUT2D eigenvalue weighted by atomic mass is 9.91. The predicted octanol–water partition coefficient (Wildman–Crippen LogP) is 3.87. The molecule has 0 unspecified atom stereocenters. The van der Waals surface area contributed by atoms with E-state index < -0.39 is 18.0 Å². The smallest absolute Gasteiger partial charge is 0.435 e. The Balaban J connectivity index is 2.11. The van der Waals surface area contributed by atoms with Gasteiger partial charge in [-0.3, -0.25) is 4.68 Å². The highest BCUT2D eigenvalue weighted by Gasteiger charge is 2.36. The summed E-state index contributed by atoms with van der Waals surface area (Å²) in [7, 11) is 1.30. The number of carbonyl (C=O) groups is 1. The number of carbonyl (C=O) groups excluding carboxylic acids is 1. The van der Waals surface area contributed by atoms with E-state index in [4.69, 9.17) is 0 Å². The highest BCUT2D eigenvalue weighted by molar-refractivity contribution is 5.67. The monoisotopic (exact) mass is 333 g/mol. The summed E-state index contributed by atoms with van der Waals surface area (Å²) in [4.78, 5) is 11.2. The molecule has 1 aromatic heterocycles. The molecule has 1 aliphatic rings. The Bertz CT molecular complexity index is 547. The van der Waals surface area contributed by atoms with Gasteiger partial charge >= 0.3 is 12.3 Å². The minimum atomic E-state index is -4.43. The van der Waals surface area contributed by atoms with E-state index in [9.17, 15) is 18.0 Å². The Morgan fingerprint density at radius 1 is 1.35 bits per heavy atom. The van der Waals surface area contributed by atoms with Crippen LogP contribution in [-0.2, 0) is 10.9 Å². The van der Waals surface area contributed by atoms with E-state index >= 15 is 0 Å². The molecule has 1 saturated carbocycles. The van der Waals surface area contributed by atoms with Crippen molar-refractivity contribution in [3.63, 3.8) is 0 Å². The summed E-state index contributed by atoms with van der Waals surface area (Å²) >= 11 is 0. The van der Waals surface area contributed by atoms with Gasteiger partial charge in [0.25, 0.3) is 0 Å². The highest BCUT2D eigenvalue weighted by atomic mass is 19.4. The Hall–Kier alpha value is -1.73. The number of halogens is 3. The number of hydrogen-bond donors (Lipinski definition) is 1. The van der Waals surface area contributed by atoms with E-state index in [-0.39, 0.29) is 18.0 Å². The first-order chi connectivity index (χ1) is 10.7. The van der Waals surface area contributed by atoms with Gasteiger partial charge in [0.2, 0.25) is 0 Å². The fourth-order valence-corrected chi connectivity index (χ4v) is 2.96. The SMILES string of the molecule is COC(=O)NC1CCC(n2nc(C(F)(F)F)cc2C(C)C)CC1. The number of hydrogen-bond acceptors (Lipinski definition) is 3. The van der Waals surface area contributed by atoms with Gasteiger partial charge in [0.1, 0.15) is 0 Å². The average Bonchev–Trinajstić information content (AvgIpc) is 2.93. The van der Waals surface area contributed by atoms with E-state index in [1.54, 1.807) is 0 Å². The Morgan fingerprint density at radius 3 is 2.43 bits per heavy atom. The molecule has 0 bridgehead atoms. The van der Waals surface area contributed by atoms with Gasteiger partial charge in [0.05, 0.1) is 13.2 Å². The molecule has 0 spiro atoms. The minimum absolute atomic E-state index is 0.00107. The lowest BCUT2D eigenvalue weighted by Gasteiger charge is -2.30. The maximum absolute atomic E-state index is 12.9. The van der Waals surface area contributed by atoms with Crippen LogP contribution in [0.2, 0.25) is 0 Å². The number of ether oxygens (including phenoxy) is 1. The summed E-state index contributed by atoms with van der Waals surface area (Å²) in [6.45, 7) is 3.72. The second kappa shape index (κ2) is 6.80. The van der Waals surface area contributed by atoms with Gasteiger partial charge in [0.15, 0.2) is 5.69 Å². The van der Waals surface area contributed by atoms with Crippen LogP contribution in [-0.4, -0.2) is 29.0 Å². The average molecular weight is 333 g/mol. The summed E-state index contributed by atoms with van der Waals surface area (Å²) in [6, 6.07) is 1.07. The van der Waals surface area contributed by atoms with Crippen molar-refractivity contribution >= 4 is 6.09 Å². The molecule has 1 N–H and O–H groups in total. The molecule has 0 atom stereocenters. The normalized spacial score (nSPS) is 22.2. The molecule has 1 heterocycles.